The number of amides is 1. The van der Waals surface area contributed by atoms with E-state index in [1.807, 2.05) is 25.3 Å². The highest BCUT2D eigenvalue weighted by atomic mass is 35.5. The first-order chi connectivity index (χ1) is 17.8. The van der Waals surface area contributed by atoms with E-state index in [-0.39, 0.29) is 29.4 Å². The van der Waals surface area contributed by atoms with Crippen molar-refractivity contribution in [1.29, 1.82) is 0 Å². The first-order valence-electron chi connectivity index (χ1n) is 12.0. The Balaban J connectivity index is 1.41. The third kappa shape index (κ3) is 6.63. The Morgan fingerprint density at radius 2 is 2.05 bits per heavy atom. The van der Waals surface area contributed by atoms with E-state index >= 15 is 0 Å². The van der Waals surface area contributed by atoms with Crippen LogP contribution in [0.15, 0.2) is 23.4 Å². The summed E-state index contributed by atoms with van der Waals surface area (Å²) in [7, 11) is 0. The number of ether oxygens (including phenoxy) is 2. The molecule has 0 radical (unpaired) electrons. The average molecular weight is 567 g/mol. The molecule has 0 bridgehead atoms. The maximum absolute atomic E-state index is 13.4. The number of halogens is 2. The number of thiophene rings is 1. The van der Waals surface area contributed by atoms with E-state index in [0.717, 1.165) is 36.1 Å². The van der Waals surface area contributed by atoms with Crippen molar-refractivity contribution in [1.82, 2.24) is 14.8 Å². The number of esters is 1. The number of carbonyl (C=O) groups excluding carboxylic acids is 2. The highest BCUT2D eigenvalue weighted by molar-refractivity contribution is 7.99. The fourth-order valence-corrected chi connectivity index (χ4v) is 6.29. The number of benzene rings is 1. The number of fused-ring (bicyclic) bond motifs is 1. The second-order valence-corrected chi connectivity index (χ2v) is 11.2. The summed E-state index contributed by atoms with van der Waals surface area (Å²) in [5.41, 5.74) is 1.49. The van der Waals surface area contributed by atoms with Crippen LogP contribution < -0.4 is 10.1 Å². The van der Waals surface area contributed by atoms with Crippen LogP contribution in [-0.4, -0.2) is 38.5 Å². The molecule has 0 fully saturated rings. The van der Waals surface area contributed by atoms with Crippen molar-refractivity contribution in [3.63, 3.8) is 0 Å². The van der Waals surface area contributed by atoms with Crippen LogP contribution in [0.3, 0.4) is 0 Å². The van der Waals surface area contributed by atoms with Gasteiger partial charge >= 0.3 is 5.97 Å². The van der Waals surface area contributed by atoms with Gasteiger partial charge in [-0.2, -0.15) is 0 Å². The van der Waals surface area contributed by atoms with E-state index in [4.69, 9.17) is 21.1 Å². The number of thioether (sulfide) groups is 1. The predicted octanol–water partition coefficient (Wildman–Crippen LogP) is 5.91. The normalized spacial score (nSPS) is 12.9. The van der Waals surface area contributed by atoms with Crippen LogP contribution in [-0.2, 0) is 35.5 Å². The van der Waals surface area contributed by atoms with E-state index < -0.39 is 11.8 Å². The molecule has 0 aliphatic heterocycles. The number of aromatic nitrogens is 3. The molecule has 1 amide bonds. The molecular formula is C25H28ClFN4O4S2. The van der Waals surface area contributed by atoms with Crippen molar-refractivity contribution < 1.29 is 23.5 Å². The topological polar surface area (TPSA) is 95.3 Å². The Kier molecular flexibility index (Phi) is 9.09. The largest absolute Gasteiger partial charge is 0.486 e. The lowest BCUT2D eigenvalue weighted by molar-refractivity contribution is -0.113. The fourth-order valence-electron chi connectivity index (χ4n) is 4.00. The number of anilines is 1. The molecule has 1 aliphatic carbocycles. The molecule has 2 aromatic heterocycles. The van der Waals surface area contributed by atoms with Crippen LogP contribution in [0.1, 0.15) is 60.2 Å². The zero-order valence-electron chi connectivity index (χ0n) is 20.8. The summed E-state index contributed by atoms with van der Waals surface area (Å²) in [6.45, 7) is 6.24. The maximum Gasteiger partial charge on any atom is 0.341 e. The van der Waals surface area contributed by atoms with Crippen molar-refractivity contribution >= 4 is 51.6 Å². The second kappa shape index (κ2) is 12.3. The molecule has 198 valence electrons. The van der Waals surface area contributed by atoms with E-state index in [9.17, 15) is 14.0 Å². The summed E-state index contributed by atoms with van der Waals surface area (Å²) in [6.07, 6.45) is 3.56. The molecule has 0 saturated carbocycles. The van der Waals surface area contributed by atoms with Gasteiger partial charge in [0, 0.05) is 17.5 Å². The van der Waals surface area contributed by atoms with Crippen molar-refractivity contribution in [3.05, 3.63) is 50.9 Å². The lowest BCUT2D eigenvalue weighted by Crippen LogP contribution is -2.19. The molecule has 0 atom stereocenters. The van der Waals surface area contributed by atoms with Gasteiger partial charge in [-0.1, -0.05) is 23.4 Å². The molecule has 1 aromatic carbocycles. The molecule has 0 unspecified atom stereocenters. The Morgan fingerprint density at radius 3 is 2.78 bits per heavy atom. The average Bonchev–Trinajstić information content (AvgIpc) is 3.43. The highest BCUT2D eigenvalue weighted by Gasteiger charge is 2.28. The predicted molar refractivity (Wildman–Crippen MR) is 142 cm³/mol. The molecule has 8 nitrogen and oxygen atoms in total. The summed E-state index contributed by atoms with van der Waals surface area (Å²) in [6, 6.07) is 4.12. The smallest absolute Gasteiger partial charge is 0.341 e. The van der Waals surface area contributed by atoms with E-state index in [2.05, 4.69) is 15.5 Å². The molecule has 4 rings (SSSR count). The van der Waals surface area contributed by atoms with Gasteiger partial charge < -0.3 is 19.4 Å². The molecule has 0 saturated heterocycles. The van der Waals surface area contributed by atoms with Gasteiger partial charge in [0.1, 0.15) is 23.2 Å². The van der Waals surface area contributed by atoms with Gasteiger partial charge in [0.25, 0.3) is 0 Å². The lowest BCUT2D eigenvalue weighted by Gasteiger charge is -2.14. The Bertz CT molecular complexity index is 1290. The van der Waals surface area contributed by atoms with Gasteiger partial charge in [-0.25, -0.2) is 9.18 Å². The van der Waals surface area contributed by atoms with Crippen molar-refractivity contribution in [3.8, 4) is 5.75 Å². The molecule has 2 heterocycles. The number of nitrogens with zero attached hydrogens (tertiary/aromatic N) is 3. The van der Waals surface area contributed by atoms with E-state index in [0.29, 0.717) is 33.8 Å². The summed E-state index contributed by atoms with van der Waals surface area (Å²) in [5, 5.41) is 12.4. The minimum atomic E-state index is -0.519. The Hall–Kier alpha value is -2.63. The number of hydrogen-bond acceptors (Lipinski definition) is 8. The van der Waals surface area contributed by atoms with Gasteiger partial charge in [0.2, 0.25) is 5.91 Å². The minimum absolute atomic E-state index is 0.0241. The summed E-state index contributed by atoms with van der Waals surface area (Å²) < 4.78 is 26.4. The first-order valence-corrected chi connectivity index (χ1v) is 14.2. The standard InChI is InChI=1S/C25H28ClFN4O4S2/c1-4-31-20(12-34-15-9-10-18(27)17(26)11-15)29-30-25(31)36-13-21(32)28-23-22(24(33)35-14(2)3)16-7-5-6-8-19(16)37-23/h9-11,14H,4-8,12-13H2,1-3H3,(H,28,32). The molecule has 1 N–H and O–H groups in total. The number of nitrogens with one attached hydrogen (secondary N) is 1. The van der Waals surface area contributed by atoms with E-state index in [1.54, 1.807) is 0 Å². The van der Waals surface area contributed by atoms with Crippen LogP contribution in [0.25, 0.3) is 0 Å². The van der Waals surface area contributed by atoms with Crippen molar-refractivity contribution in [2.24, 2.45) is 0 Å². The number of carbonyl (C=O) groups is 2. The SMILES string of the molecule is CCn1c(COc2ccc(F)c(Cl)c2)nnc1SCC(=O)Nc1sc2c(c1C(=O)OC(C)C)CCCC2. The Morgan fingerprint density at radius 1 is 1.27 bits per heavy atom. The molecule has 37 heavy (non-hydrogen) atoms. The van der Waals surface area contributed by atoms with Crippen LogP contribution in [0, 0.1) is 5.82 Å². The number of rotatable bonds is 10. The van der Waals surface area contributed by atoms with Gasteiger partial charge in [-0.3, -0.25) is 4.79 Å². The number of hydrogen-bond donors (Lipinski definition) is 1. The third-order valence-electron chi connectivity index (χ3n) is 5.67. The van der Waals surface area contributed by atoms with Crippen LogP contribution >= 0.6 is 34.7 Å². The minimum Gasteiger partial charge on any atom is -0.486 e. The monoisotopic (exact) mass is 566 g/mol. The Labute approximate surface area is 227 Å². The van der Waals surface area contributed by atoms with Crippen LogP contribution in [0.4, 0.5) is 9.39 Å². The van der Waals surface area contributed by atoms with Crippen LogP contribution in [0.5, 0.6) is 5.75 Å². The third-order valence-corrected chi connectivity index (χ3v) is 8.14. The molecule has 12 heteroatoms. The maximum atomic E-state index is 13.4. The van der Waals surface area contributed by atoms with Gasteiger partial charge in [-0.05, 0) is 64.2 Å². The number of aryl methyl sites for hydroxylation is 1. The van der Waals surface area contributed by atoms with Crippen molar-refractivity contribution in [2.75, 3.05) is 11.1 Å². The summed E-state index contributed by atoms with van der Waals surface area (Å²) in [5.74, 6) is -0.0870. The summed E-state index contributed by atoms with van der Waals surface area (Å²) in [4.78, 5) is 26.8. The van der Waals surface area contributed by atoms with Gasteiger partial charge in [-0.15, -0.1) is 21.5 Å². The zero-order valence-corrected chi connectivity index (χ0v) is 23.2. The zero-order chi connectivity index (χ0) is 26.5. The first kappa shape index (κ1) is 27.4. The molecule has 1 aliphatic rings. The summed E-state index contributed by atoms with van der Waals surface area (Å²) >= 11 is 8.52. The van der Waals surface area contributed by atoms with E-state index in [1.165, 1.54) is 41.3 Å². The molecular weight excluding hydrogens is 539 g/mol. The lowest BCUT2D eigenvalue weighted by atomic mass is 9.95. The fraction of sp³-hybridized carbons (Fsp3) is 0.440. The van der Waals surface area contributed by atoms with Crippen molar-refractivity contribution in [2.45, 2.75) is 70.9 Å². The highest BCUT2D eigenvalue weighted by Crippen LogP contribution is 2.39. The van der Waals surface area contributed by atoms with Gasteiger partial charge in [0.15, 0.2) is 11.0 Å². The molecule has 0 spiro atoms. The second-order valence-electron chi connectivity index (χ2n) is 8.71. The van der Waals surface area contributed by atoms with Gasteiger partial charge in [0.05, 0.1) is 22.4 Å². The molecule has 3 aromatic rings. The quantitative estimate of drug-likeness (QED) is 0.241. The van der Waals surface area contributed by atoms with Crippen LogP contribution in [0.2, 0.25) is 5.02 Å².